The van der Waals surface area contributed by atoms with E-state index in [2.05, 4.69) is 11.4 Å². The molecule has 2 atom stereocenters. The minimum absolute atomic E-state index is 0.0153. The number of hydrogen-bond donors (Lipinski definition) is 2. The molecule has 0 saturated heterocycles. The molecule has 0 amide bonds. The number of hydrogen-bond acceptors (Lipinski definition) is 3. The van der Waals surface area contributed by atoms with Crippen molar-refractivity contribution in [2.75, 3.05) is 14.2 Å². The molecule has 2 N–H and O–H groups in total. The third-order valence-corrected chi connectivity index (χ3v) is 3.56. The van der Waals surface area contributed by atoms with Crippen LogP contribution in [-0.4, -0.2) is 25.2 Å². The normalized spacial score (nSPS) is 13.9. The third-order valence-electron chi connectivity index (χ3n) is 3.56. The number of carbonyl (C=O) groups is 1. The molecular formula is C15H23NO3. The number of carboxylic acids is 1. The van der Waals surface area contributed by atoms with Gasteiger partial charge >= 0.3 is 5.97 Å². The number of aryl methyl sites for hydroxylation is 2. The number of nitrogens with one attached hydrogen (secondary N) is 1. The van der Waals surface area contributed by atoms with E-state index in [1.165, 1.54) is 11.1 Å². The summed E-state index contributed by atoms with van der Waals surface area (Å²) in [6.45, 7) is 6.02. The summed E-state index contributed by atoms with van der Waals surface area (Å²) in [5.41, 5.74) is 3.36. The number of carboxylic acid groups (broad SMARTS) is 1. The minimum Gasteiger partial charge on any atom is -0.496 e. The molecule has 4 nitrogen and oxygen atoms in total. The first-order chi connectivity index (χ1) is 8.90. The zero-order chi connectivity index (χ0) is 14.6. The van der Waals surface area contributed by atoms with Crippen molar-refractivity contribution in [2.24, 2.45) is 5.92 Å². The van der Waals surface area contributed by atoms with E-state index >= 15 is 0 Å². The van der Waals surface area contributed by atoms with Gasteiger partial charge in [-0.25, -0.2) is 0 Å². The highest BCUT2D eigenvalue weighted by Crippen LogP contribution is 2.33. The zero-order valence-corrected chi connectivity index (χ0v) is 12.3. The van der Waals surface area contributed by atoms with E-state index in [-0.39, 0.29) is 18.4 Å². The maximum absolute atomic E-state index is 10.9. The maximum Gasteiger partial charge on any atom is 0.303 e. The lowest BCUT2D eigenvalue weighted by Crippen LogP contribution is -2.26. The highest BCUT2D eigenvalue weighted by molar-refractivity contribution is 5.67. The van der Waals surface area contributed by atoms with Crippen molar-refractivity contribution in [2.45, 2.75) is 33.2 Å². The fourth-order valence-corrected chi connectivity index (χ4v) is 2.37. The largest absolute Gasteiger partial charge is 0.496 e. The molecule has 1 aromatic rings. The molecule has 0 aliphatic rings. The summed E-state index contributed by atoms with van der Waals surface area (Å²) >= 11 is 0. The molecule has 0 bridgehead atoms. The van der Waals surface area contributed by atoms with Gasteiger partial charge in [-0.1, -0.05) is 13.0 Å². The minimum atomic E-state index is -0.782. The van der Waals surface area contributed by atoms with Crippen LogP contribution in [0.25, 0.3) is 0 Å². The Labute approximate surface area is 114 Å². The Morgan fingerprint density at radius 3 is 2.42 bits per heavy atom. The summed E-state index contributed by atoms with van der Waals surface area (Å²) in [6, 6.07) is 4.04. The van der Waals surface area contributed by atoms with Gasteiger partial charge in [-0.05, 0) is 44.0 Å². The molecule has 19 heavy (non-hydrogen) atoms. The predicted molar refractivity (Wildman–Crippen MR) is 75.7 cm³/mol. The number of ether oxygens (including phenoxy) is 1. The Balaban J connectivity index is 3.16. The Bertz CT molecular complexity index is 457. The lowest BCUT2D eigenvalue weighted by Gasteiger charge is -2.25. The van der Waals surface area contributed by atoms with Crippen molar-refractivity contribution < 1.29 is 14.6 Å². The van der Waals surface area contributed by atoms with E-state index in [0.29, 0.717) is 0 Å². The van der Waals surface area contributed by atoms with Crippen molar-refractivity contribution in [3.8, 4) is 5.75 Å². The Kier molecular flexibility index (Phi) is 5.36. The average Bonchev–Trinajstić information content (AvgIpc) is 2.33. The van der Waals surface area contributed by atoms with Crippen LogP contribution in [0.5, 0.6) is 5.75 Å². The number of methoxy groups -OCH3 is 1. The van der Waals surface area contributed by atoms with E-state index in [9.17, 15) is 4.79 Å². The van der Waals surface area contributed by atoms with Crippen molar-refractivity contribution in [1.82, 2.24) is 5.32 Å². The van der Waals surface area contributed by atoms with Crippen LogP contribution in [0.4, 0.5) is 0 Å². The molecule has 0 spiro atoms. The van der Waals surface area contributed by atoms with Crippen molar-refractivity contribution in [3.63, 3.8) is 0 Å². The molecule has 1 aromatic carbocycles. The van der Waals surface area contributed by atoms with Crippen LogP contribution in [0.2, 0.25) is 0 Å². The first-order valence-electron chi connectivity index (χ1n) is 6.44. The molecule has 0 aliphatic carbocycles. The van der Waals surface area contributed by atoms with Gasteiger partial charge in [0, 0.05) is 18.0 Å². The van der Waals surface area contributed by atoms with Gasteiger partial charge in [0.15, 0.2) is 0 Å². The molecule has 0 radical (unpaired) electrons. The second-order valence-corrected chi connectivity index (χ2v) is 5.02. The Morgan fingerprint density at radius 1 is 1.37 bits per heavy atom. The van der Waals surface area contributed by atoms with Gasteiger partial charge in [-0.3, -0.25) is 4.79 Å². The van der Waals surface area contributed by atoms with Crippen LogP contribution in [0.1, 0.15) is 36.1 Å². The highest BCUT2D eigenvalue weighted by atomic mass is 16.5. The van der Waals surface area contributed by atoms with Gasteiger partial charge in [0.1, 0.15) is 5.75 Å². The van der Waals surface area contributed by atoms with Gasteiger partial charge in [0.25, 0.3) is 0 Å². The van der Waals surface area contributed by atoms with Crippen LogP contribution >= 0.6 is 0 Å². The topological polar surface area (TPSA) is 58.6 Å². The lowest BCUT2D eigenvalue weighted by atomic mass is 9.89. The molecular weight excluding hydrogens is 242 g/mol. The van der Waals surface area contributed by atoms with E-state index in [0.717, 1.165) is 11.3 Å². The molecule has 0 heterocycles. The Hall–Kier alpha value is -1.55. The molecule has 4 heteroatoms. The number of rotatable bonds is 6. The summed E-state index contributed by atoms with van der Waals surface area (Å²) in [5.74, 6) is 0.00810. The molecule has 2 unspecified atom stereocenters. The second kappa shape index (κ2) is 6.57. The van der Waals surface area contributed by atoms with Gasteiger partial charge in [-0.15, -0.1) is 0 Å². The molecule has 0 saturated carbocycles. The van der Waals surface area contributed by atoms with Gasteiger partial charge < -0.3 is 15.2 Å². The third kappa shape index (κ3) is 3.70. The highest BCUT2D eigenvalue weighted by Gasteiger charge is 2.23. The standard InChI is InChI=1S/C15H23NO3/c1-9-6-12(13(19-5)7-10(9)2)15(16-4)11(3)8-14(17)18/h6-7,11,15-16H,8H2,1-5H3,(H,17,18). The van der Waals surface area contributed by atoms with E-state index in [1.807, 2.05) is 33.9 Å². The van der Waals surface area contributed by atoms with Gasteiger partial charge in [-0.2, -0.15) is 0 Å². The fraction of sp³-hybridized carbons (Fsp3) is 0.533. The SMILES string of the molecule is CNC(c1cc(C)c(C)cc1OC)C(C)CC(=O)O. The summed E-state index contributed by atoms with van der Waals surface area (Å²) in [7, 11) is 3.49. The van der Waals surface area contributed by atoms with Crippen LogP contribution in [0.3, 0.4) is 0 Å². The molecule has 0 fully saturated rings. The maximum atomic E-state index is 10.9. The van der Waals surface area contributed by atoms with E-state index < -0.39 is 5.97 Å². The molecule has 1 rings (SSSR count). The lowest BCUT2D eigenvalue weighted by molar-refractivity contribution is -0.138. The molecule has 106 valence electrons. The predicted octanol–water partition coefficient (Wildman–Crippen LogP) is 2.68. The molecule has 0 aliphatic heterocycles. The Morgan fingerprint density at radius 2 is 1.95 bits per heavy atom. The number of aliphatic carboxylic acids is 1. The monoisotopic (exact) mass is 265 g/mol. The van der Waals surface area contributed by atoms with E-state index in [1.54, 1.807) is 7.11 Å². The van der Waals surface area contributed by atoms with Crippen molar-refractivity contribution in [3.05, 3.63) is 28.8 Å². The van der Waals surface area contributed by atoms with Crippen LogP contribution in [0.15, 0.2) is 12.1 Å². The van der Waals surface area contributed by atoms with Gasteiger partial charge in [0.05, 0.1) is 7.11 Å². The second-order valence-electron chi connectivity index (χ2n) is 5.02. The summed E-state index contributed by atoms with van der Waals surface area (Å²) in [4.78, 5) is 10.9. The van der Waals surface area contributed by atoms with Crippen LogP contribution < -0.4 is 10.1 Å². The molecule has 0 aromatic heterocycles. The first kappa shape index (κ1) is 15.5. The van der Waals surface area contributed by atoms with Gasteiger partial charge in [0.2, 0.25) is 0 Å². The summed E-state index contributed by atoms with van der Waals surface area (Å²) in [5, 5.41) is 12.1. The smallest absolute Gasteiger partial charge is 0.303 e. The van der Waals surface area contributed by atoms with Crippen molar-refractivity contribution >= 4 is 5.97 Å². The quantitative estimate of drug-likeness (QED) is 0.830. The average molecular weight is 265 g/mol. The van der Waals surface area contributed by atoms with Crippen LogP contribution in [0, 0.1) is 19.8 Å². The first-order valence-corrected chi connectivity index (χ1v) is 6.44. The van der Waals surface area contributed by atoms with Crippen molar-refractivity contribution in [1.29, 1.82) is 0 Å². The van der Waals surface area contributed by atoms with E-state index in [4.69, 9.17) is 9.84 Å². The number of benzene rings is 1. The fourth-order valence-electron chi connectivity index (χ4n) is 2.37. The van der Waals surface area contributed by atoms with Crippen LogP contribution in [-0.2, 0) is 4.79 Å². The summed E-state index contributed by atoms with van der Waals surface area (Å²) in [6.07, 6.45) is 0.127. The zero-order valence-electron chi connectivity index (χ0n) is 12.3. The summed E-state index contributed by atoms with van der Waals surface area (Å²) < 4.78 is 5.43.